The van der Waals surface area contributed by atoms with Crippen molar-refractivity contribution >= 4 is 6.98 Å². The van der Waals surface area contributed by atoms with E-state index in [0.717, 1.165) is 0 Å². The maximum absolute atomic E-state index is 12.6. The molecule has 0 N–H and O–H groups in total. The van der Waals surface area contributed by atoms with E-state index >= 15 is 0 Å². The van der Waals surface area contributed by atoms with E-state index in [2.05, 4.69) is 0 Å². The average Bonchev–Trinajstić information content (AvgIpc) is 2.07. The summed E-state index contributed by atoms with van der Waals surface area (Å²) in [7, 11) is 0. The highest BCUT2D eigenvalue weighted by Gasteiger charge is 2.46. The molecule has 1 fully saturated rings. The number of rotatable bonds is 2. The second-order valence-electron chi connectivity index (χ2n) is 3.30. The minimum atomic E-state index is -5.06. The second kappa shape index (κ2) is 2.89. The van der Waals surface area contributed by atoms with Crippen molar-refractivity contribution in [2.45, 2.75) is 31.5 Å². The maximum Gasteiger partial charge on any atom is 0.478 e. The van der Waals surface area contributed by atoms with Crippen LogP contribution in [0.1, 0.15) is 19.3 Å². The first-order valence-electron chi connectivity index (χ1n) is 3.90. The van der Waals surface area contributed by atoms with E-state index in [9.17, 15) is 21.7 Å². The molecular weight excluding hydrogens is 178 g/mol. The van der Waals surface area contributed by atoms with Crippen molar-refractivity contribution in [1.29, 1.82) is 0 Å². The summed E-state index contributed by atoms with van der Waals surface area (Å²) in [6.07, 6.45) is -1.45. The minimum absolute atomic E-state index is 0.00819. The Kier molecular flexibility index (Phi) is 2.36. The van der Waals surface area contributed by atoms with Gasteiger partial charge in [0.1, 0.15) is 0 Å². The molecule has 1 atom stereocenters. The Morgan fingerprint density at radius 1 is 1.25 bits per heavy atom. The molecule has 12 heavy (non-hydrogen) atoms. The van der Waals surface area contributed by atoms with E-state index < -0.39 is 25.1 Å². The average molecular weight is 187 g/mol. The van der Waals surface area contributed by atoms with E-state index in [1.54, 1.807) is 0 Å². The quantitative estimate of drug-likeness (QED) is 0.459. The summed E-state index contributed by atoms with van der Waals surface area (Å²) in [5, 5.41) is 0. The highest BCUT2D eigenvalue weighted by molar-refractivity contribution is 6.58. The van der Waals surface area contributed by atoms with Crippen molar-refractivity contribution in [2.24, 2.45) is 5.92 Å². The summed E-state index contributed by atoms with van der Waals surface area (Å²) >= 11 is 0. The molecule has 0 amide bonds. The molecule has 0 aromatic carbocycles. The number of hydrogen-bond donors (Lipinski definition) is 0. The molecule has 1 aliphatic rings. The van der Waals surface area contributed by atoms with E-state index in [4.69, 9.17) is 0 Å². The van der Waals surface area contributed by atoms with Crippen LogP contribution < -0.4 is 0 Å². The van der Waals surface area contributed by atoms with Crippen LogP contribution in [0.15, 0.2) is 0 Å². The summed E-state index contributed by atoms with van der Waals surface area (Å²) in [5.74, 6) is -4.55. The zero-order chi connectivity index (χ0) is 9.41. The molecule has 6 heteroatoms. The van der Waals surface area contributed by atoms with Crippen LogP contribution in [0.2, 0.25) is 6.32 Å². The lowest BCUT2D eigenvalue weighted by Crippen LogP contribution is -2.29. The van der Waals surface area contributed by atoms with Gasteiger partial charge in [0.25, 0.3) is 0 Å². The van der Waals surface area contributed by atoms with Gasteiger partial charge in [-0.1, -0.05) is 6.32 Å². The smallest absolute Gasteiger partial charge is 0.449 e. The molecular formula is C6H9BF5-. The van der Waals surface area contributed by atoms with Crippen molar-refractivity contribution in [3.8, 4) is 0 Å². The number of hydrogen-bond acceptors (Lipinski definition) is 0. The second-order valence-corrected chi connectivity index (χ2v) is 3.30. The molecule has 0 aliphatic heterocycles. The van der Waals surface area contributed by atoms with Crippen LogP contribution >= 0.6 is 0 Å². The van der Waals surface area contributed by atoms with E-state index in [1.807, 2.05) is 0 Å². The van der Waals surface area contributed by atoms with Gasteiger partial charge in [-0.3, -0.25) is 0 Å². The Morgan fingerprint density at radius 2 is 1.83 bits per heavy atom. The predicted molar refractivity (Wildman–Crippen MR) is 36.2 cm³/mol. The Bertz CT molecular complexity index is 164. The molecule has 0 bridgehead atoms. The zero-order valence-corrected chi connectivity index (χ0v) is 6.37. The molecule has 1 unspecified atom stereocenters. The first kappa shape index (κ1) is 9.80. The first-order chi connectivity index (χ1) is 5.31. The highest BCUT2D eigenvalue weighted by Crippen LogP contribution is 2.44. The van der Waals surface area contributed by atoms with Gasteiger partial charge in [0.2, 0.25) is 5.92 Å². The minimum Gasteiger partial charge on any atom is -0.449 e. The van der Waals surface area contributed by atoms with Crippen molar-refractivity contribution < 1.29 is 21.7 Å². The van der Waals surface area contributed by atoms with E-state index in [0.29, 0.717) is 0 Å². The summed E-state index contributed by atoms with van der Waals surface area (Å²) < 4.78 is 60.6. The summed E-state index contributed by atoms with van der Waals surface area (Å²) in [4.78, 5) is 0. The van der Waals surface area contributed by atoms with Gasteiger partial charge in [-0.2, -0.15) is 0 Å². The number of halogens is 5. The van der Waals surface area contributed by atoms with Gasteiger partial charge in [0.05, 0.1) is 0 Å². The van der Waals surface area contributed by atoms with Gasteiger partial charge in [-0.25, -0.2) is 8.78 Å². The molecule has 1 aliphatic carbocycles. The lowest BCUT2D eigenvalue weighted by Gasteiger charge is -2.24. The van der Waals surface area contributed by atoms with E-state index in [1.165, 1.54) is 0 Å². The number of alkyl halides is 2. The topological polar surface area (TPSA) is 0 Å². The molecule has 0 heterocycles. The third kappa shape index (κ3) is 2.35. The molecule has 72 valence electrons. The van der Waals surface area contributed by atoms with Crippen LogP contribution in [0.4, 0.5) is 21.7 Å². The predicted octanol–water partition coefficient (Wildman–Crippen LogP) is 3.27. The maximum atomic E-state index is 12.6. The van der Waals surface area contributed by atoms with Crippen molar-refractivity contribution in [3.05, 3.63) is 0 Å². The monoisotopic (exact) mass is 187 g/mol. The molecule has 0 spiro atoms. The van der Waals surface area contributed by atoms with Crippen molar-refractivity contribution in [3.63, 3.8) is 0 Å². The first-order valence-corrected chi connectivity index (χ1v) is 3.90. The fourth-order valence-corrected chi connectivity index (χ4v) is 1.61. The Labute approximate surface area is 67.2 Å². The third-order valence-electron chi connectivity index (χ3n) is 2.21. The SMILES string of the molecule is F[B-](F)(F)CC1CCCC1(F)F. The third-order valence-corrected chi connectivity index (χ3v) is 2.21. The van der Waals surface area contributed by atoms with Crippen LogP contribution in [0.25, 0.3) is 0 Å². The standard InChI is InChI=1S/C6H9BF5/c8-6(9)3-1-2-5(6)4-7(10,11)12/h5H,1-4H2/q-1. The van der Waals surface area contributed by atoms with E-state index in [-0.39, 0.29) is 19.3 Å². The molecule has 0 radical (unpaired) electrons. The van der Waals surface area contributed by atoms with Gasteiger partial charge in [-0.15, -0.1) is 0 Å². The fraction of sp³-hybridized carbons (Fsp3) is 1.00. The van der Waals surface area contributed by atoms with Gasteiger partial charge in [-0.05, 0) is 18.8 Å². The van der Waals surface area contributed by atoms with Crippen molar-refractivity contribution in [1.82, 2.24) is 0 Å². The van der Waals surface area contributed by atoms with Gasteiger partial charge >= 0.3 is 6.98 Å². The molecule has 0 saturated heterocycles. The fourth-order valence-electron chi connectivity index (χ4n) is 1.61. The summed E-state index contributed by atoms with van der Waals surface area (Å²) in [6, 6.07) is 0. The van der Waals surface area contributed by atoms with Gasteiger partial charge in [0, 0.05) is 6.42 Å². The Morgan fingerprint density at radius 3 is 2.17 bits per heavy atom. The zero-order valence-electron chi connectivity index (χ0n) is 6.37. The van der Waals surface area contributed by atoms with Crippen LogP contribution in [0.3, 0.4) is 0 Å². The van der Waals surface area contributed by atoms with Crippen LogP contribution in [0, 0.1) is 5.92 Å². The molecule has 0 nitrogen and oxygen atoms in total. The Balaban J connectivity index is 2.53. The largest absolute Gasteiger partial charge is 0.478 e. The highest BCUT2D eigenvalue weighted by atomic mass is 19.4. The van der Waals surface area contributed by atoms with Crippen LogP contribution in [-0.2, 0) is 0 Å². The van der Waals surface area contributed by atoms with Crippen molar-refractivity contribution in [2.75, 3.05) is 0 Å². The lowest BCUT2D eigenvalue weighted by molar-refractivity contribution is -0.0322. The normalized spacial score (nSPS) is 29.2. The lowest BCUT2D eigenvalue weighted by atomic mass is 9.76. The summed E-state index contributed by atoms with van der Waals surface area (Å²) in [5.41, 5.74) is 0. The van der Waals surface area contributed by atoms with Gasteiger partial charge in [0.15, 0.2) is 0 Å². The molecule has 1 rings (SSSR count). The molecule has 0 aromatic heterocycles. The molecule has 1 saturated carbocycles. The Hall–Kier alpha value is -0.285. The summed E-state index contributed by atoms with van der Waals surface area (Å²) in [6.45, 7) is -5.06. The van der Waals surface area contributed by atoms with Crippen LogP contribution in [-0.4, -0.2) is 12.9 Å². The van der Waals surface area contributed by atoms with Crippen LogP contribution in [0.5, 0.6) is 0 Å². The van der Waals surface area contributed by atoms with Gasteiger partial charge < -0.3 is 12.9 Å². The molecule has 0 aromatic rings.